The van der Waals surface area contributed by atoms with Gasteiger partial charge in [0.15, 0.2) is 0 Å². The van der Waals surface area contributed by atoms with Gasteiger partial charge in [-0.05, 0) is 37.6 Å². The lowest BCUT2D eigenvalue weighted by Gasteiger charge is -2.12. The zero-order valence-electron chi connectivity index (χ0n) is 13.1. The maximum Gasteiger partial charge on any atom is 0.259 e. The van der Waals surface area contributed by atoms with E-state index in [1.54, 1.807) is 18.3 Å². The summed E-state index contributed by atoms with van der Waals surface area (Å²) >= 11 is 5.98. The molecule has 0 radical (unpaired) electrons. The molecule has 2 aromatic heterocycles. The number of aromatic nitrogens is 3. The molecule has 7 heteroatoms. The number of nitrogens with zero attached hydrogens (tertiary/aromatic N) is 3. The van der Waals surface area contributed by atoms with Gasteiger partial charge in [-0.1, -0.05) is 28.9 Å². The summed E-state index contributed by atoms with van der Waals surface area (Å²) < 4.78 is 5.31. The van der Waals surface area contributed by atoms with Gasteiger partial charge in [0.25, 0.3) is 5.89 Å². The van der Waals surface area contributed by atoms with E-state index in [2.05, 4.69) is 20.4 Å². The zero-order valence-corrected chi connectivity index (χ0v) is 13.9. The molecule has 3 aromatic rings. The first-order valence-electron chi connectivity index (χ1n) is 7.59. The van der Waals surface area contributed by atoms with Gasteiger partial charge in [0.1, 0.15) is 5.82 Å². The van der Waals surface area contributed by atoms with Crippen LogP contribution in [0, 0.1) is 0 Å². The number of hydrogen-bond donors (Lipinski definition) is 2. The maximum absolute atomic E-state index is 8.92. The molecule has 24 heavy (non-hydrogen) atoms. The molecule has 0 saturated heterocycles. The normalized spacial score (nSPS) is 12.1. The Bertz CT molecular complexity index is 804. The molecule has 3 rings (SSSR count). The first kappa shape index (κ1) is 16.4. The smallest absolute Gasteiger partial charge is 0.259 e. The fourth-order valence-corrected chi connectivity index (χ4v) is 2.40. The molecule has 0 saturated carbocycles. The van der Waals surface area contributed by atoms with Gasteiger partial charge in [-0.25, -0.2) is 4.98 Å². The van der Waals surface area contributed by atoms with Gasteiger partial charge >= 0.3 is 0 Å². The number of benzene rings is 1. The summed E-state index contributed by atoms with van der Waals surface area (Å²) in [4.78, 5) is 8.71. The summed E-state index contributed by atoms with van der Waals surface area (Å²) in [6, 6.07) is 11.1. The minimum Gasteiger partial charge on any atom is -0.396 e. The van der Waals surface area contributed by atoms with Crippen LogP contribution in [0.5, 0.6) is 0 Å². The van der Waals surface area contributed by atoms with Crippen molar-refractivity contribution in [2.24, 2.45) is 0 Å². The van der Waals surface area contributed by atoms with Crippen LogP contribution in [0.1, 0.15) is 13.3 Å². The fraction of sp³-hybridized carbons (Fsp3) is 0.235. The number of halogens is 1. The van der Waals surface area contributed by atoms with E-state index in [1.165, 1.54) is 0 Å². The minimum absolute atomic E-state index is 0.139. The number of aliphatic hydroxyl groups excluding tert-OH is 1. The topological polar surface area (TPSA) is 84.1 Å². The van der Waals surface area contributed by atoms with Crippen molar-refractivity contribution in [2.45, 2.75) is 19.4 Å². The fourth-order valence-electron chi connectivity index (χ4n) is 2.21. The third-order valence-corrected chi connectivity index (χ3v) is 3.71. The van der Waals surface area contributed by atoms with Gasteiger partial charge in [0.05, 0.1) is 5.56 Å². The molecule has 1 aromatic carbocycles. The van der Waals surface area contributed by atoms with Gasteiger partial charge < -0.3 is 14.9 Å². The quantitative estimate of drug-likeness (QED) is 0.710. The van der Waals surface area contributed by atoms with Crippen LogP contribution in [0.15, 0.2) is 47.1 Å². The van der Waals surface area contributed by atoms with E-state index in [9.17, 15) is 0 Å². The molecule has 0 spiro atoms. The van der Waals surface area contributed by atoms with E-state index < -0.39 is 0 Å². The molecule has 0 aliphatic heterocycles. The molecular formula is C17H17ClN4O2. The molecule has 0 aliphatic carbocycles. The van der Waals surface area contributed by atoms with Crippen molar-refractivity contribution in [2.75, 3.05) is 11.9 Å². The van der Waals surface area contributed by atoms with Crippen molar-refractivity contribution in [1.29, 1.82) is 0 Å². The molecule has 2 heterocycles. The second-order valence-corrected chi connectivity index (χ2v) is 5.86. The highest BCUT2D eigenvalue weighted by molar-refractivity contribution is 6.30. The summed E-state index contributed by atoms with van der Waals surface area (Å²) in [5.41, 5.74) is 1.53. The molecule has 0 amide bonds. The first-order valence-corrected chi connectivity index (χ1v) is 7.97. The van der Waals surface area contributed by atoms with Gasteiger partial charge in [-0.3, -0.25) is 0 Å². The zero-order chi connectivity index (χ0) is 16.9. The Morgan fingerprint density at radius 3 is 2.83 bits per heavy atom. The number of aliphatic hydroxyl groups is 1. The monoisotopic (exact) mass is 344 g/mol. The highest BCUT2D eigenvalue weighted by Gasteiger charge is 2.11. The summed E-state index contributed by atoms with van der Waals surface area (Å²) in [6.45, 7) is 2.13. The number of hydrogen-bond acceptors (Lipinski definition) is 6. The summed E-state index contributed by atoms with van der Waals surface area (Å²) in [7, 11) is 0. The average molecular weight is 345 g/mol. The Balaban J connectivity index is 1.75. The van der Waals surface area contributed by atoms with Crippen LogP contribution in [0.25, 0.3) is 22.8 Å². The summed E-state index contributed by atoms with van der Waals surface area (Å²) in [5.74, 6) is 1.60. The SMILES string of the molecule is C[C@H](CCO)Nc1ccc(-c2nc(-c3cccc(Cl)c3)no2)cn1. The van der Waals surface area contributed by atoms with Crippen molar-refractivity contribution >= 4 is 17.4 Å². The van der Waals surface area contributed by atoms with E-state index in [1.807, 2.05) is 31.2 Å². The third kappa shape index (κ3) is 3.90. The standard InChI is InChI=1S/C17H17ClN4O2/c1-11(7-8-23)20-15-6-5-13(10-19-15)17-21-16(22-24-17)12-3-2-4-14(18)9-12/h2-6,9-11,23H,7-8H2,1H3,(H,19,20)/t11-/m1/s1. The van der Waals surface area contributed by atoms with Gasteiger partial charge in [-0.15, -0.1) is 0 Å². The highest BCUT2D eigenvalue weighted by atomic mass is 35.5. The second kappa shape index (κ2) is 7.42. The molecule has 1 atom stereocenters. The lowest BCUT2D eigenvalue weighted by molar-refractivity contribution is 0.282. The number of anilines is 1. The largest absolute Gasteiger partial charge is 0.396 e. The van der Waals surface area contributed by atoms with Gasteiger partial charge in [-0.2, -0.15) is 4.98 Å². The van der Waals surface area contributed by atoms with Crippen molar-refractivity contribution in [3.63, 3.8) is 0 Å². The van der Waals surface area contributed by atoms with Crippen LogP contribution < -0.4 is 5.32 Å². The summed E-state index contributed by atoms with van der Waals surface area (Å²) in [5, 5.41) is 16.7. The number of rotatable bonds is 6. The maximum atomic E-state index is 8.92. The van der Waals surface area contributed by atoms with E-state index in [-0.39, 0.29) is 12.6 Å². The van der Waals surface area contributed by atoms with E-state index in [0.717, 1.165) is 16.9 Å². The Kier molecular flexibility index (Phi) is 5.08. The molecule has 0 bridgehead atoms. The highest BCUT2D eigenvalue weighted by Crippen LogP contribution is 2.24. The predicted octanol–water partition coefficient (Wildman–Crippen LogP) is 3.63. The summed E-state index contributed by atoms with van der Waals surface area (Å²) in [6.07, 6.45) is 2.33. The molecule has 0 aliphatic rings. The average Bonchev–Trinajstić information content (AvgIpc) is 3.06. The first-order chi connectivity index (χ1) is 11.7. The van der Waals surface area contributed by atoms with Crippen molar-refractivity contribution in [3.05, 3.63) is 47.6 Å². The molecule has 124 valence electrons. The van der Waals surface area contributed by atoms with Crippen LogP contribution >= 0.6 is 11.6 Å². The molecular weight excluding hydrogens is 328 g/mol. The van der Waals surface area contributed by atoms with E-state index >= 15 is 0 Å². The Morgan fingerprint density at radius 1 is 1.25 bits per heavy atom. The number of pyridine rings is 1. The predicted molar refractivity (Wildman–Crippen MR) is 92.8 cm³/mol. The minimum atomic E-state index is 0.139. The Labute approximate surface area is 144 Å². The number of nitrogens with one attached hydrogen (secondary N) is 1. The molecule has 0 fully saturated rings. The van der Waals surface area contributed by atoms with Crippen molar-refractivity contribution < 1.29 is 9.63 Å². The molecule has 0 unspecified atom stereocenters. The van der Waals surface area contributed by atoms with Crippen LogP contribution in [0.3, 0.4) is 0 Å². The van der Waals surface area contributed by atoms with Crippen LogP contribution in [0.2, 0.25) is 5.02 Å². The van der Waals surface area contributed by atoms with Crippen LogP contribution in [0.4, 0.5) is 5.82 Å². The van der Waals surface area contributed by atoms with Gasteiger partial charge in [0, 0.05) is 29.4 Å². The Hall–Kier alpha value is -2.44. The van der Waals surface area contributed by atoms with Crippen LogP contribution in [-0.2, 0) is 0 Å². The molecule has 6 nitrogen and oxygen atoms in total. The van der Waals surface area contributed by atoms with Crippen molar-refractivity contribution in [1.82, 2.24) is 15.1 Å². The van der Waals surface area contributed by atoms with Crippen LogP contribution in [-0.4, -0.2) is 32.9 Å². The van der Waals surface area contributed by atoms with Crippen molar-refractivity contribution in [3.8, 4) is 22.8 Å². The molecule has 2 N–H and O–H groups in total. The lowest BCUT2D eigenvalue weighted by Crippen LogP contribution is -2.17. The van der Waals surface area contributed by atoms with Gasteiger partial charge in [0.2, 0.25) is 5.82 Å². The lowest BCUT2D eigenvalue weighted by atomic mass is 10.2. The Morgan fingerprint density at radius 2 is 2.12 bits per heavy atom. The third-order valence-electron chi connectivity index (χ3n) is 3.48. The van der Waals surface area contributed by atoms with E-state index in [4.69, 9.17) is 21.2 Å². The van der Waals surface area contributed by atoms with E-state index in [0.29, 0.717) is 23.2 Å². The second-order valence-electron chi connectivity index (χ2n) is 5.42.